The molecule has 18 heavy (non-hydrogen) atoms. The van der Waals surface area contributed by atoms with Crippen LogP contribution in [0.5, 0.6) is 5.75 Å². The molecule has 0 spiro atoms. The Kier molecular flexibility index (Phi) is 3.75. The summed E-state index contributed by atoms with van der Waals surface area (Å²) in [4.78, 5) is 6.51. The number of hydrogen-bond donors (Lipinski definition) is 1. The van der Waals surface area contributed by atoms with Crippen LogP contribution in [0, 0.1) is 0 Å². The van der Waals surface area contributed by atoms with E-state index in [9.17, 15) is 0 Å². The highest BCUT2D eigenvalue weighted by Crippen LogP contribution is 2.28. The Morgan fingerprint density at radius 3 is 2.61 bits per heavy atom. The lowest BCUT2D eigenvalue weighted by Crippen LogP contribution is -2.40. The number of guanidine groups is 1. The van der Waals surface area contributed by atoms with Gasteiger partial charge in [0.05, 0.1) is 19.2 Å². The van der Waals surface area contributed by atoms with Gasteiger partial charge in [0.25, 0.3) is 0 Å². The summed E-state index contributed by atoms with van der Waals surface area (Å²) >= 11 is 0. The Hall–Kier alpha value is -1.71. The topological polar surface area (TPSA) is 50.9 Å². The Bertz CT molecular complexity index is 425. The van der Waals surface area contributed by atoms with E-state index in [2.05, 4.69) is 35.9 Å². The van der Waals surface area contributed by atoms with Crippen LogP contribution in [0.3, 0.4) is 0 Å². The van der Waals surface area contributed by atoms with Crippen molar-refractivity contribution < 1.29 is 4.74 Å². The fraction of sp³-hybridized carbons (Fsp3) is 0.500. The third-order valence-corrected chi connectivity index (χ3v) is 3.16. The lowest BCUT2D eigenvalue weighted by atomic mass is 10.1. The first-order valence-electron chi connectivity index (χ1n) is 6.44. The maximum atomic E-state index is 5.94. The predicted molar refractivity (Wildman–Crippen MR) is 73.8 cm³/mol. The van der Waals surface area contributed by atoms with E-state index in [-0.39, 0.29) is 6.04 Å². The molecular formula is C14H21N3O. The van der Waals surface area contributed by atoms with Crippen molar-refractivity contribution in [3.8, 4) is 5.75 Å². The number of ether oxygens (including phenoxy) is 1. The summed E-state index contributed by atoms with van der Waals surface area (Å²) in [6.45, 7) is 7.68. The second kappa shape index (κ2) is 5.29. The molecule has 98 valence electrons. The van der Waals surface area contributed by atoms with Gasteiger partial charge in [-0.15, -0.1) is 0 Å². The Morgan fingerprint density at radius 2 is 2.06 bits per heavy atom. The molecule has 1 aromatic rings. The molecule has 4 heteroatoms. The second-order valence-electron chi connectivity index (χ2n) is 4.72. The molecule has 1 atom stereocenters. The van der Waals surface area contributed by atoms with Gasteiger partial charge in [0.2, 0.25) is 0 Å². The first-order valence-corrected chi connectivity index (χ1v) is 6.44. The first kappa shape index (κ1) is 12.7. The van der Waals surface area contributed by atoms with Crippen LogP contribution in [0.1, 0.15) is 32.4 Å². The van der Waals surface area contributed by atoms with Crippen LogP contribution in [-0.2, 0) is 0 Å². The molecule has 2 rings (SSSR count). The van der Waals surface area contributed by atoms with Gasteiger partial charge in [-0.3, -0.25) is 4.99 Å². The lowest BCUT2D eigenvalue weighted by Gasteiger charge is -2.30. The zero-order chi connectivity index (χ0) is 13.1. The average molecular weight is 247 g/mol. The van der Waals surface area contributed by atoms with Gasteiger partial charge in [-0.25, -0.2) is 0 Å². The quantitative estimate of drug-likeness (QED) is 0.887. The highest BCUT2D eigenvalue weighted by Gasteiger charge is 2.29. The lowest BCUT2D eigenvalue weighted by molar-refractivity contribution is 0.289. The standard InChI is InChI=1S/C14H21N3O/c1-4-18-12-7-5-11(6-8-12)13-9-16-14(15)17(13)10(2)3/h5-8,10,13H,4,9H2,1-3H3,(H2,15,16). The summed E-state index contributed by atoms with van der Waals surface area (Å²) in [6, 6.07) is 8.81. The van der Waals surface area contributed by atoms with Crippen LogP contribution in [0.15, 0.2) is 29.3 Å². The van der Waals surface area contributed by atoms with E-state index in [0.717, 1.165) is 12.3 Å². The minimum Gasteiger partial charge on any atom is -0.494 e. The van der Waals surface area contributed by atoms with E-state index in [1.807, 2.05) is 19.1 Å². The molecule has 4 nitrogen and oxygen atoms in total. The van der Waals surface area contributed by atoms with Crippen molar-refractivity contribution in [2.24, 2.45) is 10.7 Å². The number of benzene rings is 1. The summed E-state index contributed by atoms with van der Waals surface area (Å²) in [7, 11) is 0. The molecule has 1 heterocycles. The molecule has 2 N–H and O–H groups in total. The van der Waals surface area contributed by atoms with Crippen molar-refractivity contribution in [3.05, 3.63) is 29.8 Å². The van der Waals surface area contributed by atoms with E-state index in [1.54, 1.807) is 0 Å². The van der Waals surface area contributed by atoms with E-state index in [0.29, 0.717) is 18.6 Å². The molecule has 1 aliphatic heterocycles. The molecule has 0 radical (unpaired) electrons. The number of aliphatic imine (C=N–C) groups is 1. The van der Waals surface area contributed by atoms with Crippen LogP contribution in [-0.4, -0.2) is 30.1 Å². The van der Waals surface area contributed by atoms with Crippen molar-refractivity contribution in [3.63, 3.8) is 0 Å². The average Bonchev–Trinajstić information content (AvgIpc) is 2.73. The maximum absolute atomic E-state index is 5.94. The molecule has 0 aromatic heterocycles. The molecule has 0 aliphatic carbocycles. The fourth-order valence-electron chi connectivity index (χ4n) is 2.35. The SMILES string of the molecule is CCOc1ccc(C2CN=C(N)N2C(C)C)cc1. The summed E-state index contributed by atoms with van der Waals surface area (Å²) in [6.07, 6.45) is 0. The van der Waals surface area contributed by atoms with Gasteiger partial charge in [0.1, 0.15) is 5.75 Å². The van der Waals surface area contributed by atoms with Gasteiger partial charge >= 0.3 is 0 Å². The van der Waals surface area contributed by atoms with Gasteiger partial charge < -0.3 is 15.4 Å². The van der Waals surface area contributed by atoms with E-state index < -0.39 is 0 Å². The molecule has 0 fully saturated rings. The van der Waals surface area contributed by atoms with Gasteiger partial charge in [-0.1, -0.05) is 12.1 Å². The molecule has 0 saturated heterocycles. The summed E-state index contributed by atoms with van der Waals surface area (Å²) in [5.41, 5.74) is 7.17. The molecule has 0 saturated carbocycles. The molecular weight excluding hydrogens is 226 g/mol. The normalized spacial score (nSPS) is 19.2. The number of nitrogens with zero attached hydrogens (tertiary/aromatic N) is 2. The van der Waals surface area contributed by atoms with E-state index in [1.165, 1.54) is 5.56 Å². The minimum atomic E-state index is 0.251. The highest BCUT2D eigenvalue weighted by atomic mass is 16.5. The van der Waals surface area contributed by atoms with Crippen LogP contribution in [0.25, 0.3) is 0 Å². The van der Waals surface area contributed by atoms with Gasteiger partial charge in [0, 0.05) is 6.04 Å². The highest BCUT2D eigenvalue weighted by molar-refractivity contribution is 5.80. The number of hydrogen-bond acceptors (Lipinski definition) is 4. The Balaban J connectivity index is 2.16. The molecule has 1 aromatic carbocycles. The number of rotatable bonds is 4. The van der Waals surface area contributed by atoms with Crippen LogP contribution in [0.2, 0.25) is 0 Å². The molecule has 0 amide bonds. The largest absolute Gasteiger partial charge is 0.494 e. The van der Waals surface area contributed by atoms with Crippen molar-refractivity contribution in [1.29, 1.82) is 0 Å². The monoisotopic (exact) mass is 247 g/mol. The third-order valence-electron chi connectivity index (χ3n) is 3.16. The minimum absolute atomic E-state index is 0.251. The summed E-state index contributed by atoms with van der Waals surface area (Å²) < 4.78 is 5.45. The Labute approximate surface area is 108 Å². The molecule has 0 bridgehead atoms. The van der Waals surface area contributed by atoms with Crippen molar-refractivity contribution >= 4 is 5.96 Å². The maximum Gasteiger partial charge on any atom is 0.192 e. The van der Waals surface area contributed by atoms with Crippen molar-refractivity contribution in [1.82, 2.24) is 4.90 Å². The smallest absolute Gasteiger partial charge is 0.192 e. The molecule has 1 aliphatic rings. The van der Waals surface area contributed by atoms with Crippen LogP contribution in [0.4, 0.5) is 0 Å². The van der Waals surface area contributed by atoms with Gasteiger partial charge in [-0.2, -0.15) is 0 Å². The fourth-order valence-corrected chi connectivity index (χ4v) is 2.35. The van der Waals surface area contributed by atoms with E-state index in [4.69, 9.17) is 10.5 Å². The molecule has 1 unspecified atom stereocenters. The first-order chi connectivity index (χ1) is 8.63. The Morgan fingerprint density at radius 1 is 1.39 bits per heavy atom. The van der Waals surface area contributed by atoms with Gasteiger partial charge in [-0.05, 0) is 38.5 Å². The van der Waals surface area contributed by atoms with Crippen molar-refractivity contribution in [2.75, 3.05) is 13.2 Å². The zero-order valence-electron chi connectivity index (χ0n) is 11.3. The summed E-state index contributed by atoms with van der Waals surface area (Å²) in [5.74, 6) is 1.55. The van der Waals surface area contributed by atoms with Gasteiger partial charge in [0.15, 0.2) is 5.96 Å². The third kappa shape index (κ3) is 2.42. The van der Waals surface area contributed by atoms with Crippen LogP contribution >= 0.6 is 0 Å². The number of nitrogens with two attached hydrogens (primary N) is 1. The zero-order valence-corrected chi connectivity index (χ0v) is 11.3. The summed E-state index contributed by atoms with van der Waals surface area (Å²) in [5, 5.41) is 0. The van der Waals surface area contributed by atoms with Crippen molar-refractivity contribution in [2.45, 2.75) is 32.9 Å². The van der Waals surface area contributed by atoms with Crippen LogP contribution < -0.4 is 10.5 Å². The van der Waals surface area contributed by atoms with E-state index >= 15 is 0 Å². The predicted octanol–water partition coefficient (Wildman–Crippen LogP) is 2.17. The second-order valence-corrected chi connectivity index (χ2v) is 4.72.